The number of nitrogens with one attached hydrogen (secondary N) is 1. The van der Waals surface area contributed by atoms with E-state index in [0.717, 1.165) is 10.4 Å². The lowest BCUT2D eigenvalue weighted by Gasteiger charge is -2.20. The molecule has 1 rings (SSSR count). The van der Waals surface area contributed by atoms with E-state index >= 15 is 0 Å². The number of carbonyl (C=O) groups is 1. The summed E-state index contributed by atoms with van der Waals surface area (Å²) < 4.78 is 39.0. The molecule has 0 spiro atoms. The standard InChI is InChI=1S/C13H19FN2O3S/c1-4-15-13(17)9-16(5-2)20(18,19)11-6-7-12(14)10(3)8-11/h6-8H,4-5,9H2,1-3H3,(H,15,17). The number of rotatable bonds is 6. The number of hydrogen-bond acceptors (Lipinski definition) is 3. The molecule has 0 heterocycles. The van der Waals surface area contributed by atoms with Gasteiger partial charge in [-0.25, -0.2) is 12.8 Å². The predicted molar refractivity (Wildman–Crippen MR) is 74.3 cm³/mol. The number of nitrogens with zero attached hydrogens (tertiary/aromatic N) is 1. The molecule has 0 unspecified atom stereocenters. The Hall–Kier alpha value is -1.47. The van der Waals surface area contributed by atoms with Crippen LogP contribution in [-0.4, -0.2) is 38.3 Å². The summed E-state index contributed by atoms with van der Waals surface area (Å²) in [6.07, 6.45) is 0. The van der Waals surface area contributed by atoms with E-state index in [1.54, 1.807) is 13.8 Å². The Kier molecular flexibility index (Phi) is 5.64. The van der Waals surface area contributed by atoms with Crippen LogP contribution in [0.1, 0.15) is 19.4 Å². The number of halogens is 1. The molecule has 1 N–H and O–H groups in total. The van der Waals surface area contributed by atoms with E-state index in [2.05, 4.69) is 5.32 Å². The van der Waals surface area contributed by atoms with Gasteiger partial charge in [0.15, 0.2) is 0 Å². The highest BCUT2D eigenvalue weighted by atomic mass is 32.2. The van der Waals surface area contributed by atoms with Crippen molar-refractivity contribution in [3.8, 4) is 0 Å². The zero-order chi connectivity index (χ0) is 15.3. The number of benzene rings is 1. The van der Waals surface area contributed by atoms with Gasteiger partial charge in [0.05, 0.1) is 11.4 Å². The fourth-order valence-electron chi connectivity index (χ4n) is 1.71. The van der Waals surface area contributed by atoms with Gasteiger partial charge in [0.2, 0.25) is 15.9 Å². The van der Waals surface area contributed by atoms with Crippen LogP contribution in [0.4, 0.5) is 4.39 Å². The molecule has 0 aliphatic carbocycles. The van der Waals surface area contributed by atoms with E-state index in [0.29, 0.717) is 6.54 Å². The number of carbonyl (C=O) groups excluding carboxylic acids is 1. The number of amides is 1. The van der Waals surface area contributed by atoms with Crippen LogP contribution in [0.25, 0.3) is 0 Å². The van der Waals surface area contributed by atoms with Gasteiger partial charge in [0, 0.05) is 13.1 Å². The summed E-state index contributed by atoms with van der Waals surface area (Å²) in [5.41, 5.74) is 0.250. The highest BCUT2D eigenvalue weighted by molar-refractivity contribution is 7.89. The lowest BCUT2D eigenvalue weighted by atomic mass is 10.2. The molecular weight excluding hydrogens is 283 g/mol. The molecule has 0 atom stereocenters. The average Bonchev–Trinajstić information content (AvgIpc) is 2.39. The highest BCUT2D eigenvalue weighted by Crippen LogP contribution is 2.18. The molecule has 5 nitrogen and oxygen atoms in total. The predicted octanol–water partition coefficient (Wildman–Crippen LogP) is 1.28. The summed E-state index contributed by atoms with van der Waals surface area (Å²) in [6, 6.07) is 3.59. The quantitative estimate of drug-likeness (QED) is 0.861. The molecule has 0 aliphatic heterocycles. The van der Waals surface area contributed by atoms with Crippen molar-refractivity contribution in [2.45, 2.75) is 25.7 Å². The Morgan fingerprint density at radius 3 is 2.50 bits per heavy atom. The molecule has 1 aromatic rings. The largest absolute Gasteiger partial charge is 0.355 e. The first kappa shape index (κ1) is 16.6. The molecule has 0 aliphatic rings. The lowest BCUT2D eigenvalue weighted by Crippen LogP contribution is -2.40. The van der Waals surface area contributed by atoms with E-state index in [-0.39, 0.29) is 29.5 Å². The number of sulfonamides is 1. The lowest BCUT2D eigenvalue weighted by molar-refractivity contribution is -0.121. The molecule has 0 saturated carbocycles. The van der Waals surface area contributed by atoms with Crippen LogP contribution < -0.4 is 5.32 Å². The van der Waals surface area contributed by atoms with Crippen molar-refractivity contribution in [2.75, 3.05) is 19.6 Å². The highest BCUT2D eigenvalue weighted by Gasteiger charge is 2.25. The smallest absolute Gasteiger partial charge is 0.243 e. The second-order valence-corrected chi connectivity index (χ2v) is 6.23. The first-order valence-electron chi connectivity index (χ1n) is 6.35. The zero-order valence-corrected chi connectivity index (χ0v) is 12.6. The first-order valence-corrected chi connectivity index (χ1v) is 7.80. The molecule has 0 aromatic heterocycles. The van der Waals surface area contributed by atoms with E-state index in [9.17, 15) is 17.6 Å². The van der Waals surface area contributed by atoms with Crippen LogP contribution in [0.15, 0.2) is 23.1 Å². The Bertz CT molecular complexity index is 587. The normalized spacial score (nSPS) is 11.7. The molecule has 112 valence electrons. The monoisotopic (exact) mass is 302 g/mol. The molecule has 1 amide bonds. The maximum absolute atomic E-state index is 13.2. The van der Waals surface area contributed by atoms with E-state index in [1.165, 1.54) is 19.1 Å². The maximum atomic E-state index is 13.2. The Morgan fingerprint density at radius 1 is 1.35 bits per heavy atom. The summed E-state index contributed by atoms with van der Waals surface area (Å²) in [4.78, 5) is 11.5. The third-order valence-electron chi connectivity index (χ3n) is 2.81. The van der Waals surface area contributed by atoms with Crippen molar-refractivity contribution in [1.82, 2.24) is 9.62 Å². The van der Waals surface area contributed by atoms with Crippen molar-refractivity contribution in [2.24, 2.45) is 0 Å². The zero-order valence-electron chi connectivity index (χ0n) is 11.8. The average molecular weight is 302 g/mol. The van der Waals surface area contributed by atoms with Gasteiger partial charge in [-0.1, -0.05) is 6.92 Å². The van der Waals surface area contributed by atoms with Crippen LogP contribution in [-0.2, 0) is 14.8 Å². The second kappa shape index (κ2) is 6.81. The summed E-state index contributed by atoms with van der Waals surface area (Å²) in [7, 11) is -3.80. The molecule has 0 saturated heterocycles. The van der Waals surface area contributed by atoms with Gasteiger partial charge in [-0.05, 0) is 37.6 Å². The number of aryl methyl sites for hydroxylation is 1. The summed E-state index contributed by atoms with van der Waals surface area (Å²) in [5.74, 6) is -0.826. The molecule has 20 heavy (non-hydrogen) atoms. The van der Waals surface area contributed by atoms with Crippen LogP contribution >= 0.6 is 0 Å². The van der Waals surface area contributed by atoms with Gasteiger partial charge in [0.1, 0.15) is 5.82 Å². The van der Waals surface area contributed by atoms with Crippen LogP contribution in [0.2, 0.25) is 0 Å². The minimum absolute atomic E-state index is 0.0115. The molecule has 0 bridgehead atoms. The van der Waals surface area contributed by atoms with Gasteiger partial charge < -0.3 is 5.32 Å². The van der Waals surface area contributed by atoms with Crippen LogP contribution in [0, 0.1) is 12.7 Å². The molecule has 0 radical (unpaired) electrons. The summed E-state index contributed by atoms with van der Waals surface area (Å²) in [6.45, 7) is 5.25. The molecular formula is C13H19FN2O3S. The van der Waals surface area contributed by atoms with Crippen molar-refractivity contribution < 1.29 is 17.6 Å². The molecule has 0 fully saturated rings. The third-order valence-corrected chi connectivity index (χ3v) is 4.73. The van der Waals surface area contributed by atoms with E-state index < -0.39 is 15.8 Å². The fourth-order valence-corrected chi connectivity index (χ4v) is 3.20. The summed E-state index contributed by atoms with van der Waals surface area (Å²) in [5, 5.41) is 2.55. The van der Waals surface area contributed by atoms with Crippen LogP contribution in [0.3, 0.4) is 0 Å². The minimum atomic E-state index is -3.80. The third kappa shape index (κ3) is 3.77. The van der Waals surface area contributed by atoms with Crippen molar-refractivity contribution >= 4 is 15.9 Å². The first-order chi connectivity index (χ1) is 9.32. The minimum Gasteiger partial charge on any atom is -0.355 e. The Morgan fingerprint density at radius 2 is 2.00 bits per heavy atom. The van der Waals surface area contributed by atoms with Gasteiger partial charge in [-0.2, -0.15) is 4.31 Å². The van der Waals surface area contributed by atoms with Crippen LogP contribution in [0.5, 0.6) is 0 Å². The fraction of sp³-hybridized carbons (Fsp3) is 0.462. The van der Waals surface area contributed by atoms with Gasteiger partial charge >= 0.3 is 0 Å². The van der Waals surface area contributed by atoms with Crippen molar-refractivity contribution in [3.63, 3.8) is 0 Å². The topological polar surface area (TPSA) is 66.5 Å². The Labute approximate surface area is 118 Å². The van der Waals surface area contributed by atoms with Gasteiger partial charge in [-0.3, -0.25) is 4.79 Å². The van der Waals surface area contributed by atoms with Crippen molar-refractivity contribution in [3.05, 3.63) is 29.6 Å². The van der Waals surface area contributed by atoms with Gasteiger partial charge in [0.25, 0.3) is 0 Å². The Balaban J connectivity index is 3.05. The molecule has 7 heteroatoms. The SMILES string of the molecule is CCNC(=O)CN(CC)S(=O)(=O)c1ccc(F)c(C)c1. The summed E-state index contributed by atoms with van der Waals surface area (Å²) >= 11 is 0. The number of likely N-dealkylation sites (N-methyl/N-ethyl adjacent to an activating group) is 2. The van der Waals surface area contributed by atoms with E-state index in [4.69, 9.17) is 0 Å². The molecule has 1 aromatic carbocycles. The number of hydrogen-bond donors (Lipinski definition) is 1. The van der Waals surface area contributed by atoms with Crippen molar-refractivity contribution in [1.29, 1.82) is 0 Å². The maximum Gasteiger partial charge on any atom is 0.243 e. The second-order valence-electron chi connectivity index (χ2n) is 4.30. The van der Waals surface area contributed by atoms with E-state index in [1.807, 2.05) is 0 Å². The van der Waals surface area contributed by atoms with Gasteiger partial charge in [-0.15, -0.1) is 0 Å².